The summed E-state index contributed by atoms with van der Waals surface area (Å²) in [6.45, 7) is 2.29. The summed E-state index contributed by atoms with van der Waals surface area (Å²) in [4.78, 5) is 0. The van der Waals surface area contributed by atoms with E-state index < -0.39 is 0 Å². The average Bonchev–Trinajstić information content (AvgIpc) is 2.40. The molecule has 3 aliphatic rings. The molecule has 0 unspecified atom stereocenters. The van der Waals surface area contributed by atoms with Gasteiger partial charge in [0.15, 0.2) is 0 Å². The van der Waals surface area contributed by atoms with Crippen LogP contribution in [-0.4, -0.2) is 0 Å². The molecule has 0 nitrogen and oxygen atoms in total. The number of allylic oxidation sites excluding steroid dienone is 4. The third kappa shape index (κ3) is 0.387. The Morgan fingerprint density at radius 1 is 1.30 bits per heavy atom. The number of rotatable bonds is 0. The normalized spacial score (nSPS) is 54.3. The molecule has 0 heteroatoms. The molecule has 0 radical (unpaired) electrons. The van der Waals surface area contributed by atoms with E-state index in [0.717, 1.165) is 23.7 Å². The van der Waals surface area contributed by atoms with Crippen LogP contribution >= 0.6 is 0 Å². The molecule has 0 amide bonds. The first-order chi connectivity index (χ1) is 4.86. The van der Waals surface area contributed by atoms with E-state index >= 15 is 0 Å². The molecule has 3 rings (SSSR count). The maximum Gasteiger partial charge on any atom is -0.00740 e. The van der Waals surface area contributed by atoms with Crippen LogP contribution in [0.25, 0.3) is 0 Å². The van der Waals surface area contributed by atoms with Crippen LogP contribution in [0.4, 0.5) is 0 Å². The summed E-state index contributed by atoms with van der Waals surface area (Å²) in [5.74, 6) is 3.78. The van der Waals surface area contributed by atoms with Gasteiger partial charge in [0.1, 0.15) is 0 Å². The predicted molar refractivity (Wildman–Crippen MR) is 41.5 cm³/mol. The minimum atomic E-state index is 0.929. The van der Waals surface area contributed by atoms with Gasteiger partial charge in [0, 0.05) is 0 Å². The maximum atomic E-state index is 2.47. The first-order valence-corrected chi connectivity index (χ1v) is 4.23. The second-order valence-electron chi connectivity index (χ2n) is 3.96. The Balaban J connectivity index is 2.05. The van der Waals surface area contributed by atoms with E-state index in [4.69, 9.17) is 0 Å². The first kappa shape index (κ1) is 5.17. The van der Waals surface area contributed by atoms with Gasteiger partial charge in [-0.15, -0.1) is 0 Å². The molecule has 0 N–H and O–H groups in total. The first-order valence-electron chi connectivity index (χ1n) is 4.23. The van der Waals surface area contributed by atoms with E-state index in [-0.39, 0.29) is 0 Å². The number of fused-ring (bicyclic) bond motifs is 5. The van der Waals surface area contributed by atoms with Crippen molar-refractivity contribution in [1.82, 2.24) is 0 Å². The number of hydrogen-bond acceptors (Lipinski definition) is 0. The molecule has 1 fully saturated rings. The standard InChI is InChI=1S/C10H12/c1-6-4-9-7-2-3-8(5-7)10(6)9/h2-4,7-10H,5H2,1H3/t7-,8-,9+,10-/m0/s1. The van der Waals surface area contributed by atoms with Gasteiger partial charge >= 0.3 is 0 Å². The topological polar surface area (TPSA) is 0 Å². The van der Waals surface area contributed by atoms with Crippen molar-refractivity contribution >= 4 is 0 Å². The predicted octanol–water partition coefficient (Wildman–Crippen LogP) is 2.38. The lowest BCUT2D eigenvalue weighted by atomic mass is 9.70. The lowest BCUT2D eigenvalue weighted by Gasteiger charge is -2.35. The van der Waals surface area contributed by atoms with Crippen molar-refractivity contribution in [3.8, 4) is 0 Å². The molecule has 0 saturated heterocycles. The monoisotopic (exact) mass is 132 g/mol. The highest BCUT2D eigenvalue weighted by molar-refractivity contribution is 5.33. The molecule has 10 heavy (non-hydrogen) atoms. The van der Waals surface area contributed by atoms with Crippen molar-refractivity contribution in [2.24, 2.45) is 23.7 Å². The molecule has 3 aliphatic carbocycles. The number of hydrogen-bond donors (Lipinski definition) is 0. The van der Waals surface area contributed by atoms with Crippen LogP contribution in [-0.2, 0) is 0 Å². The van der Waals surface area contributed by atoms with Gasteiger partial charge in [-0.3, -0.25) is 0 Å². The Hall–Kier alpha value is -0.520. The quantitative estimate of drug-likeness (QED) is 0.444. The van der Waals surface area contributed by atoms with Crippen LogP contribution in [0.1, 0.15) is 13.3 Å². The zero-order valence-corrected chi connectivity index (χ0v) is 6.25. The maximum absolute atomic E-state index is 2.47. The van der Waals surface area contributed by atoms with Crippen molar-refractivity contribution in [3.05, 3.63) is 23.8 Å². The second-order valence-corrected chi connectivity index (χ2v) is 3.96. The van der Waals surface area contributed by atoms with E-state index in [1.807, 2.05) is 0 Å². The molecule has 0 aromatic rings. The summed E-state index contributed by atoms with van der Waals surface area (Å²) in [5.41, 5.74) is 1.65. The SMILES string of the molecule is CC1=C[C@H]2[C@@H]1[C@H]1C=C[C@H]2C1. The van der Waals surface area contributed by atoms with E-state index in [1.54, 1.807) is 5.57 Å². The van der Waals surface area contributed by atoms with Crippen LogP contribution in [0, 0.1) is 23.7 Å². The summed E-state index contributed by atoms with van der Waals surface area (Å²) in [6.07, 6.45) is 8.78. The summed E-state index contributed by atoms with van der Waals surface area (Å²) < 4.78 is 0. The molecule has 52 valence electrons. The molecule has 0 aromatic heterocycles. The van der Waals surface area contributed by atoms with Gasteiger partial charge in [-0.2, -0.15) is 0 Å². The van der Waals surface area contributed by atoms with Gasteiger partial charge in [0.05, 0.1) is 0 Å². The van der Waals surface area contributed by atoms with Crippen molar-refractivity contribution in [3.63, 3.8) is 0 Å². The van der Waals surface area contributed by atoms with Crippen LogP contribution in [0.2, 0.25) is 0 Å². The minimum Gasteiger partial charge on any atom is -0.0845 e. The summed E-state index contributed by atoms with van der Waals surface area (Å²) in [6, 6.07) is 0. The molecule has 0 spiro atoms. The summed E-state index contributed by atoms with van der Waals surface area (Å²) in [7, 11) is 0. The lowest BCUT2D eigenvalue weighted by Crippen LogP contribution is -2.26. The zero-order valence-electron chi connectivity index (χ0n) is 6.25. The smallest absolute Gasteiger partial charge is 0.00740 e. The Bertz CT molecular complexity index is 234. The molecule has 4 atom stereocenters. The lowest BCUT2D eigenvalue weighted by molar-refractivity contribution is 0.371. The Labute approximate surface area is 61.6 Å². The van der Waals surface area contributed by atoms with Crippen molar-refractivity contribution in [2.45, 2.75) is 13.3 Å². The molecule has 0 heterocycles. The molecule has 2 bridgehead atoms. The average molecular weight is 132 g/mol. The molecular weight excluding hydrogens is 120 g/mol. The van der Waals surface area contributed by atoms with E-state index in [1.165, 1.54) is 6.42 Å². The molecule has 1 saturated carbocycles. The van der Waals surface area contributed by atoms with Crippen LogP contribution < -0.4 is 0 Å². The molecule has 0 aliphatic heterocycles. The minimum absolute atomic E-state index is 0.929. The third-order valence-corrected chi connectivity index (χ3v) is 3.50. The van der Waals surface area contributed by atoms with Gasteiger partial charge in [0.2, 0.25) is 0 Å². The Morgan fingerprint density at radius 2 is 2.10 bits per heavy atom. The highest BCUT2D eigenvalue weighted by Crippen LogP contribution is 2.56. The summed E-state index contributed by atoms with van der Waals surface area (Å²) >= 11 is 0. The molecule has 0 aromatic carbocycles. The highest BCUT2D eigenvalue weighted by Gasteiger charge is 2.48. The van der Waals surface area contributed by atoms with Gasteiger partial charge in [-0.05, 0) is 37.0 Å². The van der Waals surface area contributed by atoms with Crippen molar-refractivity contribution < 1.29 is 0 Å². The fourth-order valence-corrected chi connectivity index (χ4v) is 3.02. The van der Waals surface area contributed by atoms with Crippen LogP contribution in [0.5, 0.6) is 0 Å². The van der Waals surface area contributed by atoms with Gasteiger partial charge in [-0.25, -0.2) is 0 Å². The Kier molecular flexibility index (Phi) is 0.719. The Morgan fingerprint density at radius 3 is 2.70 bits per heavy atom. The fourth-order valence-electron chi connectivity index (χ4n) is 3.02. The van der Waals surface area contributed by atoms with E-state index in [9.17, 15) is 0 Å². The van der Waals surface area contributed by atoms with E-state index in [0.29, 0.717) is 0 Å². The highest BCUT2D eigenvalue weighted by atomic mass is 14.5. The summed E-state index contributed by atoms with van der Waals surface area (Å²) in [5, 5.41) is 0. The van der Waals surface area contributed by atoms with Gasteiger partial charge < -0.3 is 0 Å². The third-order valence-electron chi connectivity index (χ3n) is 3.50. The molecular formula is C10H12. The second kappa shape index (κ2) is 1.39. The fraction of sp³-hybridized carbons (Fsp3) is 0.600. The van der Waals surface area contributed by atoms with Crippen LogP contribution in [0.15, 0.2) is 23.8 Å². The van der Waals surface area contributed by atoms with Crippen LogP contribution in [0.3, 0.4) is 0 Å². The van der Waals surface area contributed by atoms with Crippen molar-refractivity contribution in [1.29, 1.82) is 0 Å². The van der Waals surface area contributed by atoms with Gasteiger partial charge in [0.25, 0.3) is 0 Å². The van der Waals surface area contributed by atoms with Gasteiger partial charge in [-0.1, -0.05) is 23.8 Å². The largest absolute Gasteiger partial charge is 0.0845 e. The van der Waals surface area contributed by atoms with Crippen molar-refractivity contribution in [2.75, 3.05) is 0 Å². The van der Waals surface area contributed by atoms with E-state index in [2.05, 4.69) is 25.2 Å². The zero-order chi connectivity index (χ0) is 6.72.